The lowest BCUT2D eigenvalue weighted by Crippen LogP contribution is -2.17. The summed E-state index contributed by atoms with van der Waals surface area (Å²) in [6.45, 7) is 1.98. The van der Waals surface area contributed by atoms with E-state index in [2.05, 4.69) is 10.1 Å². The van der Waals surface area contributed by atoms with Gasteiger partial charge in [-0.1, -0.05) is 29.8 Å². The number of ether oxygens (including phenoxy) is 2. The normalized spacial score (nSPS) is 10.6. The van der Waals surface area contributed by atoms with Gasteiger partial charge in [-0.2, -0.15) is 9.67 Å². The number of aryl methyl sites for hydroxylation is 1. The van der Waals surface area contributed by atoms with Crippen LogP contribution in [0.5, 0.6) is 11.5 Å². The Labute approximate surface area is 151 Å². The topological polar surface area (TPSA) is 92.3 Å². The highest BCUT2D eigenvalue weighted by atomic mass is 16.5. The van der Waals surface area contributed by atoms with Gasteiger partial charge in [-0.15, -0.1) is 5.10 Å². The van der Waals surface area contributed by atoms with E-state index >= 15 is 0 Å². The Morgan fingerprint density at radius 3 is 2.58 bits per heavy atom. The van der Waals surface area contributed by atoms with Gasteiger partial charge in [0.05, 0.1) is 20.6 Å². The van der Waals surface area contributed by atoms with E-state index in [0.29, 0.717) is 17.3 Å². The molecule has 0 saturated heterocycles. The number of nitrogens with two attached hydrogens (primary N) is 1. The second-order valence-corrected chi connectivity index (χ2v) is 5.83. The number of hydrogen-bond donors (Lipinski definition) is 1. The summed E-state index contributed by atoms with van der Waals surface area (Å²) in [4.78, 5) is 16.8. The van der Waals surface area contributed by atoms with E-state index in [1.54, 1.807) is 32.4 Å². The fraction of sp³-hybridized carbons (Fsp3) is 0.211. The number of methoxy groups -OCH3 is 2. The molecule has 0 aliphatic rings. The minimum atomic E-state index is -0.277. The Bertz CT molecular complexity index is 950. The number of anilines is 1. The van der Waals surface area contributed by atoms with Crippen molar-refractivity contribution >= 4 is 11.9 Å². The van der Waals surface area contributed by atoms with Crippen molar-refractivity contribution in [3.63, 3.8) is 0 Å². The molecule has 134 valence electrons. The maximum atomic E-state index is 12.6. The van der Waals surface area contributed by atoms with Crippen molar-refractivity contribution in [3.05, 3.63) is 53.6 Å². The molecule has 0 fully saturated rings. The van der Waals surface area contributed by atoms with Crippen LogP contribution in [0.4, 0.5) is 5.95 Å². The molecule has 26 heavy (non-hydrogen) atoms. The van der Waals surface area contributed by atoms with Gasteiger partial charge in [0.2, 0.25) is 5.95 Å². The van der Waals surface area contributed by atoms with Gasteiger partial charge in [-0.05, 0) is 30.7 Å². The van der Waals surface area contributed by atoms with Crippen LogP contribution in [0.2, 0.25) is 0 Å². The molecule has 2 N–H and O–H groups in total. The van der Waals surface area contributed by atoms with Crippen molar-refractivity contribution < 1.29 is 14.3 Å². The summed E-state index contributed by atoms with van der Waals surface area (Å²) in [5.74, 6) is 1.37. The second-order valence-electron chi connectivity index (χ2n) is 5.83. The molecule has 0 aliphatic heterocycles. The van der Waals surface area contributed by atoms with Gasteiger partial charge in [0.25, 0.3) is 5.91 Å². The molecule has 3 aromatic rings. The molecule has 1 aromatic heterocycles. The third kappa shape index (κ3) is 3.51. The lowest BCUT2D eigenvalue weighted by atomic mass is 10.1. The third-order valence-electron chi connectivity index (χ3n) is 3.95. The number of benzene rings is 2. The standard InChI is InChI=1S/C19H20N4O3/c1-12-5-4-6-14(9-12)18-21-19(20)23(22-18)17(24)11-13-7-8-15(25-2)16(10-13)26-3/h4-10H,11H2,1-3H3,(H2,20,21,22). The Balaban J connectivity index is 1.85. The van der Waals surface area contributed by atoms with Crippen LogP contribution in [0.3, 0.4) is 0 Å². The summed E-state index contributed by atoms with van der Waals surface area (Å²) >= 11 is 0. The first-order valence-corrected chi connectivity index (χ1v) is 8.05. The maximum absolute atomic E-state index is 12.6. The summed E-state index contributed by atoms with van der Waals surface area (Å²) in [7, 11) is 3.11. The van der Waals surface area contributed by atoms with Gasteiger partial charge in [0.1, 0.15) is 0 Å². The molecule has 0 amide bonds. The zero-order valence-corrected chi connectivity index (χ0v) is 14.9. The number of rotatable bonds is 5. The Kier molecular flexibility index (Phi) is 4.88. The molecule has 0 bridgehead atoms. The average Bonchev–Trinajstić information content (AvgIpc) is 3.03. The van der Waals surface area contributed by atoms with Crippen molar-refractivity contribution in [1.29, 1.82) is 0 Å². The van der Waals surface area contributed by atoms with E-state index in [9.17, 15) is 4.79 Å². The molecule has 0 atom stereocenters. The predicted octanol–water partition coefficient (Wildman–Crippen LogP) is 2.74. The van der Waals surface area contributed by atoms with E-state index in [1.165, 1.54) is 0 Å². The van der Waals surface area contributed by atoms with Crippen molar-refractivity contribution in [2.75, 3.05) is 20.0 Å². The maximum Gasteiger partial charge on any atom is 0.254 e. The van der Waals surface area contributed by atoms with E-state index in [4.69, 9.17) is 15.2 Å². The molecule has 1 heterocycles. The summed E-state index contributed by atoms with van der Waals surface area (Å²) in [5.41, 5.74) is 8.55. The van der Waals surface area contributed by atoms with Gasteiger partial charge in [0, 0.05) is 5.56 Å². The lowest BCUT2D eigenvalue weighted by molar-refractivity contribution is 0.0901. The first-order valence-electron chi connectivity index (χ1n) is 8.05. The number of carbonyl (C=O) groups excluding carboxylic acids is 1. The molecule has 0 unspecified atom stereocenters. The largest absolute Gasteiger partial charge is 0.493 e. The van der Waals surface area contributed by atoms with E-state index in [0.717, 1.165) is 21.4 Å². The molecule has 0 radical (unpaired) electrons. The van der Waals surface area contributed by atoms with E-state index in [-0.39, 0.29) is 18.3 Å². The van der Waals surface area contributed by atoms with Gasteiger partial charge < -0.3 is 15.2 Å². The van der Waals surface area contributed by atoms with Crippen LogP contribution in [0.25, 0.3) is 11.4 Å². The minimum Gasteiger partial charge on any atom is -0.493 e. The molecule has 2 aromatic carbocycles. The van der Waals surface area contributed by atoms with Crippen LogP contribution < -0.4 is 15.2 Å². The van der Waals surface area contributed by atoms with Crippen LogP contribution >= 0.6 is 0 Å². The summed E-state index contributed by atoms with van der Waals surface area (Å²) < 4.78 is 11.6. The number of nitrogens with zero attached hydrogens (tertiary/aromatic N) is 3. The molecule has 0 aliphatic carbocycles. The summed E-state index contributed by atoms with van der Waals surface area (Å²) in [5, 5.41) is 4.27. The van der Waals surface area contributed by atoms with Gasteiger partial charge in [0.15, 0.2) is 17.3 Å². The fourth-order valence-corrected chi connectivity index (χ4v) is 2.65. The Hall–Kier alpha value is -3.35. The number of hydrogen-bond acceptors (Lipinski definition) is 6. The van der Waals surface area contributed by atoms with Crippen molar-refractivity contribution in [3.8, 4) is 22.9 Å². The van der Waals surface area contributed by atoms with Gasteiger partial charge in [-0.25, -0.2) is 0 Å². The zero-order valence-electron chi connectivity index (χ0n) is 14.9. The van der Waals surface area contributed by atoms with Crippen molar-refractivity contribution in [2.24, 2.45) is 0 Å². The Morgan fingerprint density at radius 2 is 1.88 bits per heavy atom. The number of aromatic nitrogens is 3. The molecular formula is C19H20N4O3. The molecule has 0 spiro atoms. The van der Waals surface area contributed by atoms with Crippen molar-refractivity contribution in [2.45, 2.75) is 13.3 Å². The smallest absolute Gasteiger partial charge is 0.254 e. The summed E-state index contributed by atoms with van der Waals surface area (Å²) in [6, 6.07) is 13.0. The van der Waals surface area contributed by atoms with E-state index in [1.807, 2.05) is 31.2 Å². The second kappa shape index (κ2) is 7.26. The van der Waals surface area contributed by atoms with Crippen molar-refractivity contribution in [1.82, 2.24) is 14.8 Å². The van der Waals surface area contributed by atoms with Crippen LogP contribution in [-0.4, -0.2) is 34.9 Å². The lowest BCUT2D eigenvalue weighted by Gasteiger charge is -2.09. The highest BCUT2D eigenvalue weighted by Gasteiger charge is 2.16. The minimum absolute atomic E-state index is 0.0620. The molecule has 3 rings (SSSR count). The number of nitrogen functional groups attached to an aromatic ring is 1. The monoisotopic (exact) mass is 352 g/mol. The molecule has 0 saturated carbocycles. The van der Waals surface area contributed by atoms with Crippen LogP contribution in [-0.2, 0) is 6.42 Å². The third-order valence-corrected chi connectivity index (χ3v) is 3.95. The van der Waals surface area contributed by atoms with Crippen LogP contribution in [0.15, 0.2) is 42.5 Å². The molecule has 7 nitrogen and oxygen atoms in total. The fourth-order valence-electron chi connectivity index (χ4n) is 2.65. The quantitative estimate of drug-likeness (QED) is 0.759. The first-order chi connectivity index (χ1) is 12.5. The Morgan fingerprint density at radius 1 is 1.12 bits per heavy atom. The zero-order chi connectivity index (χ0) is 18.7. The van der Waals surface area contributed by atoms with Crippen LogP contribution in [0, 0.1) is 6.92 Å². The predicted molar refractivity (Wildman–Crippen MR) is 98.5 cm³/mol. The molecular weight excluding hydrogens is 332 g/mol. The van der Waals surface area contributed by atoms with Crippen LogP contribution in [0.1, 0.15) is 15.9 Å². The van der Waals surface area contributed by atoms with E-state index < -0.39 is 0 Å². The van der Waals surface area contributed by atoms with Gasteiger partial charge in [-0.3, -0.25) is 4.79 Å². The average molecular weight is 352 g/mol. The highest BCUT2D eigenvalue weighted by molar-refractivity contribution is 5.83. The number of carbonyl (C=O) groups is 1. The SMILES string of the molecule is COc1ccc(CC(=O)n2nc(-c3cccc(C)c3)nc2N)cc1OC. The first kappa shape index (κ1) is 17.5. The highest BCUT2D eigenvalue weighted by Crippen LogP contribution is 2.28. The van der Waals surface area contributed by atoms with Gasteiger partial charge >= 0.3 is 0 Å². The molecule has 7 heteroatoms. The summed E-state index contributed by atoms with van der Waals surface area (Å²) in [6.07, 6.45) is 0.112.